The van der Waals surface area contributed by atoms with Crippen molar-refractivity contribution in [2.24, 2.45) is 0 Å². The Balaban J connectivity index is 1.42. The number of ether oxygens (including phenoxy) is 3. The number of fused-ring (bicyclic) bond motifs is 1. The maximum Gasteiger partial charge on any atom is 0.315 e. The van der Waals surface area contributed by atoms with Crippen LogP contribution >= 0.6 is 0 Å². The number of benzene rings is 1. The number of carbonyl (C=O) groups excluding carboxylic acids is 1. The molecule has 3 atom stereocenters. The first-order valence-corrected chi connectivity index (χ1v) is 7.77. The molecule has 0 saturated carbocycles. The van der Waals surface area contributed by atoms with Crippen LogP contribution in [-0.4, -0.2) is 44.0 Å². The average Bonchev–Trinajstić information content (AvgIpc) is 3.07. The highest BCUT2D eigenvalue weighted by Gasteiger charge is 2.25. The third kappa shape index (κ3) is 3.62. The van der Waals surface area contributed by atoms with Gasteiger partial charge in [0.25, 0.3) is 0 Å². The molecule has 2 N–H and O–H groups in total. The molecular weight excluding hydrogens is 284 g/mol. The molecule has 6 heteroatoms. The zero-order chi connectivity index (χ0) is 15.4. The summed E-state index contributed by atoms with van der Waals surface area (Å²) in [4.78, 5) is 11.9. The smallest absolute Gasteiger partial charge is 0.315 e. The van der Waals surface area contributed by atoms with E-state index in [1.165, 1.54) is 0 Å². The van der Waals surface area contributed by atoms with Gasteiger partial charge in [0, 0.05) is 6.61 Å². The highest BCUT2D eigenvalue weighted by Crippen LogP contribution is 2.30. The van der Waals surface area contributed by atoms with Crippen molar-refractivity contribution in [3.8, 4) is 11.5 Å². The van der Waals surface area contributed by atoms with E-state index >= 15 is 0 Å². The number of carbonyl (C=O) groups is 1. The van der Waals surface area contributed by atoms with E-state index in [0.717, 1.165) is 25.2 Å². The molecule has 1 aromatic carbocycles. The van der Waals surface area contributed by atoms with Gasteiger partial charge in [0.2, 0.25) is 0 Å². The predicted octanol–water partition coefficient (Wildman–Crippen LogP) is 1.69. The van der Waals surface area contributed by atoms with Gasteiger partial charge >= 0.3 is 6.03 Å². The van der Waals surface area contributed by atoms with Gasteiger partial charge in [-0.2, -0.15) is 0 Å². The van der Waals surface area contributed by atoms with Crippen LogP contribution in [0.15, 0.2) is 24.3 Å². The minimum Gasteiger partial charge on any atom is -0.486 e. The molecule has 0 radical (unpaired) electrons. The monoisotopic (exact) mass is 306 g/mol. The fourth-order valence-electron chi connectivity index (χ4n) is 2.72. The molecule has 2 heterocycles. The molecule has 1 saturated heterocycles. The number of amides is 2. The molecule has 0 unspecified atom stereocenters. The molecule has 3 rings (SSSR count). The van der Waals surface area contributed by atoms with Crippen LogP contribution < -0.4 is 20.1 Å². The lowest BCUT2D eigenvalue weighted by molar-refractivity contribution is 0.0829. The van der Waals surface area contributed by atoms with E-state index in [1.807, 2.05) is 31.2 Å². The summed E-state index contributed by atoms with van der Waals surface area (Å²) in [5.74, 6) is 1.46. The van der Waals surface area contributed by atoms with Crippen molar-refractivity contribution in [1.29, 1.82) is 0 Å². The summed E-state index contributed by atoms with van der Waals surface area (Å²) in [6.45, 7) is 3.58. The molecule has 1 fully saturated rings. The fraction of sp³-hybridized carbons (Fsp3) is 0.562. The second-order valence-electron chi connectivity index (χ2n) is 5.69. The molecule has 2 aliphatic heterocycles. The third-order valence-corrected chi connectivity index (χ3v) is 3.94. The first kappa shape index (κ1) is 15.0. The quantitative estimate of drug-likeness (QED) is 0.888. The molecule has 0 spiro atoms. The Labute approximate surface area is 130 Å². The van der Waals surface area contributed by atoms with E-state index < -0.39 is 0 Å². The van der Waals surface area contributed by atoms with E-state index in [4.69, 9.17) is 14.2 Å². The SMILES string of the molecule is C[C@H](NC(=O)NC[C@H]1COc2ccccc2O1)[C@H]1CCCO1. The van der Waals surface area contributed by atoms with Gasteiger partial charge in [0.1, 0.15) is 6.61 Å². The summed E-state index contributed by atoms with van der Waals surface area (Å²) in [6, 6.07) is 7.34. The summed E-state index contributed by atoms with van der Waals surface area (Å²) >= 11 is 0. The molecule has 2 aliphatic rings. The minimum absolute atomic E-state index is 0.00625. The molecule has 120 valence electrons. The average molecular weight is 306 g/mol. The Kier molecular flexibility index (Phi) is 4.68. The largest absolute Gasteiger partial charge is 0.486 e. The van der Waals surface area contributed by atoms with Crippen molar-refractivity contribution in [1.82, 2.24) is 10.6 Å². The van der Waals surface area contributed by atoms with Crippen LogP contribution in [0.25, 0.3) is 0 Å². The standard InChI is InChI=1S/C16H22N2O4/c1-11(13-7-4-8-20-13)18-16(19)17-9-12-10-21-14-5-2-3-6-15(14)22-12/h2-3,5-6,11-13H,4,7-10H2,1H3,(H2,17,18,19)/t11-,12-,13+/m0/s1. The lowest BCUT2D eigenvalue weighted by atomic mass is 10.1. The number of hydrogen-bond acceptors (Lipinski definition) is 4. The van der Waals surface area contributed by atoms with Crippen LogP contribution in [0.5, 0.6) is 11.5 Å². The van der Waals surface area contributed by atoms with Crippen molar-refractivity contribution < 1.29 is 19.0 Å². The number of rotatable bonds is 4. The molecule has 6 nitrogen and oxygen atoms in total. The van der Waals surface area contributed by atoms with E-state index in [2.05, 4.69) is 10.6 Å². The Bertz CT molecular complexity index is 517. The molecule has 0 aromatic heterocycles. The van der Waals surface area contributed by atoms with Crippen LogP contribution in [0.4, 0.5) is 4.79 Å². The lowest BCUT2D eigenvalue weighted by Crippen LogP contribution is -2.49. The predicted molar refractivity (Wildman–Crippen MR) is 81.3 cm³/mol. The maximum atomic E-state index is 11.9. The van der Waals surface area contributed by atoms with Crippen LogP contribution in [0.1, 0.15) is 19.8 Å². The van der Waals surface area contributed by atoms with E-state index in [-0.39, 0.29) is 24.3 Å². The van der Waals surface area contributed by atoms with Gasteiger partial charge in [-0.05, 0) is 31.9 Å². The van der Waals surface area contributed by atoms with Crippen LogP contribution in [0.3, 0.4) is 0 Å². The molecule has 0 aliphatic carbocycles. The second kappa shape index (κ2) is 6.87. The maximum absolute atomic E-state index is 11.9. The Hall–Kier alpha value is -1.95. The Morgan fingerprint density at radius 1 is 1.36 bits per heavy atom. The summed E-state index contributed by atoms with van der Waals surface area (Å²) in [5, 5.41) is 5.74. The van der Waals surface area contributed by atoms with Crippen molar-refractivity contribution in [3.63, 3.8) is 0 Å². The Morgan fingerprint density at radius 2 is 2.18 bits per heavy atom. The third-order valence-electron chi connectivity index (χ3n) is 3.94. The summed E-state index contributed by atoms with van der Waals surface area (Å²) in [7, 11) is 0. The lowest BCUT2D eigenvalue weighted by Gasteiger charge is -2.27. The first-order chi connectivity index (χ1) is 10.7. The zero-order valence-electron chi connectivity index (χ0n) is 12.7. The van der Waals surface area contributed by atoms with Crippen molar-refractivity contribution in [3.05, 3.63) is 24.3 Å². The zero-order valence-corrected chi connectivity index (χ0v) is 12.7. The molecule has 22 heavy (non-hydrogen) atoms. The van der Waals surface area contributed by atoms with Gasteiger partial charge in [0.15, 0.2) is 17.6 Å². The highest BCUT2D eigenvalue weighted by molar-refractivity contribution is 5.74. The molecule has 1 aromatic rings. The minimum atomic E-state index is -0.203. The van der Waals surface area contributed by atoms with Crippen molar-refractivity contribution in [2.75, 3.05) is 19.8 Å². The summed E-state index contributed by atoms with van der Waals surface area (Å²) in [6.07, 6.45) is 1.99. The second-order valence-corrected chi connectivity index (χ2v) is 5.69. The number of hydrogen-bond donors (Lipinski definition) is 2. The van der Waals surface area contributed by atoms with Gasteiger partial charge in [-0.15, -0.1) is 0 Å². The van der Waals surface area contributed by atoms with E-state index in [0.29, 0.717) is 18.9 Å². The van der Waals surface area contributed by atoms with Gasteiger partial charge in [0.05, 0.1) is 18.7 Å². The van der Waals surface area contributed by atoms with E-state index in [1.54, 1.807) is 0 Å². The van der Waals surface area contributed by atoms with Crippen molar-refractivity contribution >= 4 is 6.03 Å². The van der Waals surface area contributed by atoms with Crippen LogP contribution in [0, 0.1) is 0 Å². The van der Waals surface area contributed by atoms with E-state index in [9.17, 15) is 4.79 Å². The van der Waals surface area contributed by atoms with Gasteiger partial charge < -0.3 is 24.8 Å². The number of nitrogens with one attached hydrogen (secondary N) is 2. The number of urea groups is 1. The molecule has 0 bridgehead atoms. The molecule has 2 amide bonds. The topological polar surface area (TPSA) is 68.8 Å². The van der Waals surface area contributed by atoms with Gasteiger partial charge in [-0.25, -0.2) is 4.79 Å². The summed E-state index contributed by atoms with van der Waals surface area (Å²) in [5.41, 5.74) is 0. The van der Waals surface area contributed by atoms with Crippen molar-refractivity contribution in [2.45, 2.75) is 38.0 Å². The van der Waals surface area contributed by atoms with Crippen LogP contribution in [0.2, 0.25) is 0 Å². The molecular formula is C16H22N2O4. The number of para-hydroxylation sites is 2. The summed E-state index contributed by atoms with van der Waals surface area (Å²) < 4.78 is 17.0. The van der Waals surface area contributed by atoms with Crippen LogP contribution in [-0.2, 0) is 4.74 Å². The highest BCUT2D eigenvalue weighted by atomic mass is 16.6. The first-order valence-electron chi connectivity index (χ1n) is 7.77. The fourth-order valence-corrected chi connectivity index (χ4v) is 2.72. The normalized spacial score (nSPS) is 24.6. The Morgan fingerprint density at radius 3 is 2.95 bits per heavy atom. The van der Waals surface area contributed by atoms with Gasteiger partial charge in [-0.3, -0.25) is 0 Å². The van der Waals surface area contributed by atoms with Gasteiger partial charge in [-0.1, -0.05) is 12.1 Å².